The van der Waals surface area contributed by atoms with E-state index in [4.69, 9.17) is 4.74 Å². The number of rotatable bonds is 5. The largest absolute Gasteiger partial charge is 0.495 e. The van der Waals surface area contributed by atoms with Gasteiger partial charge in [0.2, 0.25) is 15.9 Å². The van der Waals surface area contributed by atoms with Crippen LogP contribution in [0.5, 0.6) is 5.75 Å². The fourth-order valence-corrected chi connectivity index (χ4v) is 4.22. The van der Waals surface area contributed by atoms with Gasteiger partial charge in [-0.1, -0.05) is 24.3 Å². The lowest BCUT2D eigenvalue weighted by Gasteiger charge is -2.32. The van der Waals surface area contributed by atoms with Crippen LogP contribution in [0, 0.1) is 6.92 Å². The maximum Gasteiger partial charge on any atom is 0.247 e. The third kappa shape index (κ3) is 4.08. The molecule has 0 radical (unpaired) electrons. The Bertz CT molecular complexity index is 956. The van der Waals surface area contributed by atoms with E-state index in [0.717, 1.165) is 40.2 Å². The van der Waals surface area contributed by atoms with Crippen molar-refractivity contribution in [3.8, 4) is 5.75 Å². The molecule has 2 aromatic carbocycles. The number of nitrogens with zero attached hydrogens (tertiary/aromatic N) is 2. The average molecular weight is 388 g/mol. The zero-order valence-corrected chi connectivity index (χ0v) is 16.6. The second-order valence-electron chi connectivity index (χ2n) is 6.72. The van der Waals surface area contributed by atoms with Crippen LogP contribution in [-0.4, -0.2) is 40.8 Å². The van der Waals surface area contributed by atoms with Crippen LogP contribution in [-0.2, 0) is 21.2 Å². The SMILES string of the molecule is COc1ccc(C)cc1N(CC(=O)N1CCCc2ccccc21)S(C)(=O)=O. The number of amides is 1. The van der Waals surface area contributed by atoms with Crippen LogP contribution >= 0.6 is 0 Å². The number of sulfonamides is 1. The van der Waals surface area contributed by atoms with Gasteiger partial charge in [0.25, 0.3) is 0 Å². The molecule has 1 aliphatic heterocycles. The Balaban J connectivity index is 1.96. The van der Waals surface area contributed by atoms with Crippen molar-refractivity contribution < 1.29 is 17.9 Å². The van der Waals surface area contributed by atoms with Crippen LogP contribution < -0.4 is 13.9 Å². The molecule has 2 aromatic rings. The predicted octanol–water partition coefficient (Wildman–Crippen LogP) is 2.75. The van der Waals surface area contributed by atoms with Crippen molar-refractivity contribution in [2.75, 3.05) is 35.7 Å². The van der Waals surface area contributed by atoms with Crippen molar-refractivity contribution in [3.63, 3.8) is 0 Å². The Morgan fingerprint density at radius 2 is 1.96 bits per heavy atom. The first-order chi connectivity index (χ1) is 12.8. The maximum absolute atomic E-state index is 13.1. The highest BCUT2D eigenvalue weighted by Gasteiger charge is 2.29. The summed E-state index contributed by atoms with van der Waals surface area (Å²) >= 11 is 0. The lowest BCUT2D eigenvalue weighted by Crippen LogP contribution is -2.44. The normalized spacial score (nSPS) is 13.8. The number of ether oxygens (including phenoxy) is 1. The van der Waals surface area contributed by atoms with E-state index in [9.17, 15) is 13.2 Å². The number of carbonyl (C=O) groups excluding carboxylic acids is 1. The first-order valence-electron chi connectivity index (χ1n) is 8.82. The van der Waals surface area contributed by atoms with Crippen LogP contribution in [0.2, 0.25) is 0 Å². The number of fused-ring (bicyclic) bond motifs is 1. The van der Waals surface area contributed by atoms with Gasteiger partial charge >= 0.3 is 0 Å². The summed E-state index contributed by atoms with van der Waals surface area (Å²) in [5.74, 6) is 0.161. The summed E-state index contributed by atoms with van der Waals surface area (Å²) in [6, 6.07) is 13.0. The molecule has 0 unspecified atom stereocenters. The van der Waals surface area contributed by atoms with Crippen molar-refractivity contribution >= 4 is 27.3 Å². The zero-order chi connectivity index (χ0) is 19.6. The van der Waals surface area contributed by atoms with E-state index >= 15 is 0 Å². The van der Waals surface area contributed by atoms with Crippen molar-refractivity contribution in [1.29, 1.82) is 0 Å². The predicted molar refractivity (Wildman–Crippen MR) is 107 cm³/mol. The molecule has 0 atom stereocenters. The summed E-state index contributed by atoms with van der Waals surface area (Å²) in [7, 11) is -2.19. The lowest BCUT2D eigenvalue weighted by molar-refractivity contribution is -0.117. The number of hydrogen-bond donors (Lipinski definition) is 0. The molecule has 7 heteroatoms. The summed E-state index contributed by atoms with van der Waals surface area (Å²) in [4.78, 5) is 14.7. The van der Waals surface area contributed by atoms with Crippen LogP contribution in [0.25, 0.3) is 0 Å². The number of anilines is 2. The molecule has 144 valence electrons. The van der Waals surface area contributed by atoms with Gasteiger partial charge in [0, 0.05) is 12.2 Å². The molecule has 0 fully saturated rings. The van der Waals surface area contributed by atoms with Gasteiger partial charge in [-0.25, -0.2) is 8.42 Å². The van der Waals surface area contributed by atoms with Crippen LogP contribution in [0.4, 0.5) is 11.4 Å². The minimum atomic E-state index is -3.67. The van der Waals surface area contributed by atoms with Gasteiger partial charge in [0.05, 0.1) is 19.1 Å². The molecule has 27 heavy (non-hydrogen) atoms. The Morgan fingerprint density at radius 3 is 2.67 bits per heavy atom. The molecule has 6 nitrogen and oxygen atoms in total. The van der Waals surface area contributed by atoms with Crippen LogP contribution in [0.1, 0.15) is 17.5 Å². The Labute approximate surface area is 160 Å². The molecule has 1 heterocycles. The molecule has 1 aliphatic rings. The molecule has 0 N–H and O–H groups in total. The number of aryl methyl sites for hydroxylation is 2. The second kappa shape index (κ2) is 7.60. The average Bonchev–Trinajstić information content (AvgIpc) is 2.64. The van der Waals surface area contributed by atoms with E-state index in [1.54, 1.807) is 17.0 Å². The molecule has 0 saturated carbocycles. The van der Waals surface area contributed by atoms with Gasteiger partial charge in [0.1, 0.15) is 12.3 Å². The van der Waals surface area contributed by atoms with Crippen molar-refractivity contribution in [3.05, 3.63) is 53.6 Å². The van der Waals surface area contributed by atoms with Crippen molar-refractivity contribution in [2.24, 2.45) is 0 Å². The van der Waals surface area contributed by atoms with E-state index in [0.29, 0.717) is 18.0 Å². The first kappa shape index (κ1) is 19.2. The molecule has 3 rings (SSSR count). The molecule has 0 spiro atoms. The Hall–Kier alpha value is -2.54. The highest BCUT2D eigenvalue weighted by Crippen LogP contribution is 2.32. The fraction of sp³-hybridized carbons (Fsp3) is 0.350. The molecular weight excluding hydrogens is 364 g/mol. The quantitative estimate of drug-likeness (QED) is 0.790. The summed E-state index contributed by atoms with van der Waals surface area (Å²) in [5, 5.41) is 0. The minimum Gasteiger partial charge on any atom is -0.495 e. The second-order valence-corrected chi connectivity index (χ2v) is 8.63. The smallest absolute Gasteiger partial charge is 0.247 e. The fourth-order valence-electron chi connectivity index (χ4n) is 3.38. The molecule has 1 amide bonds. The van der Waals surface area contributed by atoms with E-state index in [2.05, 4.69) is 0 Å². The lowest BCUT2D eigenvalue weighted by atomic mass is 10.0. The van der Waals surface area contributed by atoms with Gasteiger partial charge in [-0.2, -0.15) is 0 Å². The van der Waals surface area contributed by atoms with Crippen molar-refractivity contribution in [1.82, 2.24) is 0 Å². The maximum atomic E-state index is 13.1. The molecule has 0 aromatic heterocycles. The third-order valence-electron chi connectivity index (χ3n) is 4.69. The summed E-state index contributed by atoms with van der Waals surface area (Å²) < 4.78 is 31.4. The third-order valence-corrected chi connectivity index (χ3v) is 5.82. The number of methoxy groups -OCH3 is 1. The molecular formula is C20H24N2O4S. The van der Waals surface area contributed by atoms with Gasteiger partial charge < -0.3 is 9.64 Å². The zero-order valence-electron chi connectivity index (χ0n) is 15.8. The number of para-hydroxylation sites is 1. The van der Waals surface area contributed by atoms with E-state index in [1.807, 2.05) is 37.3 Å². The van der Waals surface area contributed by atoms with Gasteiger partial charge in [-0.15, -0.1) is 0 Å². The summed E-state index contributed by atoms with van der Waals surface area (Å²) in [6.07, 6.45) is 2.88. The molecule has 0 aliphatic carbocycles. The van der Waals surface area contributed by atoms with E-state index in [1.165, 1.54) is 7.11 Å². The number of benzene rings is 2. The highest BCUT2D eigenvalue weighted by atomic mass is 32.2. The Morgan fingerprint density at radius 1 is 1.22 bits per heavy atom. The van der Waals surface area contributed by atoms with Crippen LogP contribution in [0.3, 0.4) is 0 Å². The van der Waals surface area contributed by atoms with Crippen molar-refractivity contribution in [2.45, 2.75) is 19.8 Å². The standard InChI is InChI=1S/C20H24N2O4S/c1-15-10-11-19(26-2)18(13-15)22(27(3,24)25)14-20(23)21-12-6-8-16-7-4-5-9-17(16)21/h4-5,7,9-11,13H,6,8,12,14H2,1-3H3. The van der Waals surface area contributed by atoms with E-state index in [-0.39, 0.29) is 12.5 Å². The van der Waals surface area contributed by atoms with Gasteiger partial charge in [0.15, 0.2) is 0 Å². The summed E-state index contributed by atoms with van der Waals surface area (Å²) in [6.45, 7) is 2.18. The van der Waals surface area contributed by atoms with Gasteiger partial charge in [-0.05, 0) is 49.1 Å². The molecule has 0 bridgehead atoms. The molecule has 0 saturated heterocycles. The summed E-state index contributed by atoms with van der Waals surface area (Å²) in [5.41, 5.74) is 3.23. The number of carbonyl (C=O) groups is 1. The monoisotopic (exact) mass is 388 g/mol. The Kier molecular flexibility index (Phi) is 5.41. The first-order valence-corrected chi connectivity index (χ1v) is 10.7. The van der Waals surface area contributed by atoms with E-state index < -0.39 is 10.0 Å². The van der Waals surface area contributed by atoms with Gasteiger partial charge in [-0.3, -0.25) is 9.10 Å². The minimum absolute atomic E-state index is 0.254. The highest BCUT2D eigenvalue weighted by molar-refractivity contribution is 7.92. The number of hydrogen-bond acceptors (Lipinski definition) is 4. The van der Waals surface area contributed by atoms with Crippen LogP contribution in [0.15, 0.2) is 42.5 Å². The topological polar surface area (TPSA) is 66.9 Å².